The van der Waals surface area contributed by atoms with Gasteiger partial charge in [0.1, 0.15) is 5.75 Å². The van der Waals surface area contributed by atoms with E-state index in [0.29, 0.717) is 12.5 Å². The molecule has 1 rings (SSSR count). The van der Waals surface area contributed by atoms with Gasteiger partial charge in [0.2, 0.25) is 0 Å². The summed E-state index contributed by atoms with van der Waals surface area (Å²) >= 11 is 6.08. The summed E-state index contributed by atoms with van der Waals surface area (Å²) < 4.78 is 5.42. The van der Waals surface area contributed by atoms with Crippen molar-refractivity contribution in [1.82, 2.24) is 0 Å². The van der Waals surface area contributed by atoms with Crippen LogP contribution in [0.5, 0.6) is 5.75 Å². The van der Waals surface area contributed by atoms with Crippen LogP contribution < -0.4 is 4.74 Å². The highest BCUT2D eigenvalue weighted by Gasteiger charge is 2.04. The molecule has 0 heterocycles. The van der Waals surface area contributed by atoms with E-state index >= 15 is 0 Å². The van der Waals surface area contributed by atoms with Crippen LogP contribution in [0.25, 0.3) is 0 Å². The minimum Gasteiger partial charge on any atom is -0.494 e. The first-order valence-electron chi connectivity index (χ1n) is 5.04. The highest BCUT2D eigenvalue weighted by Crippen LogP contribution is 2.24. The predicted octanol–water partition coefficient (Wildman–Crippen LogP) is 3.94. The topological polar surface area (TPSA) is 9.23 Å². The number of rotatable bonds is 4. The molecule has 0 spiro atoms. The molecular formula is C12H17ClO. The second kappa shape index (κ2) is 5.26. The Labute approximate surface area is 91.0 Å². The van der Waals surface area contributed by atoms with Gasteiger partial charge in [-0.05, 0) is 43.0 Å². The zero-order valence-electron chi connectivity index (χ0n) is 9.01. The Morgan fingerprint density at radius 1 is 1.36 bits per heavy atom. The van der Waals surface area contributed by atoms with E-state index < -0.39 is 0 Å². The zero-order chi connectivity index (χ0) is 10.6. The van der Waals surface area contributed by atoms with Crippen molar-refractivity contribution in [3.63, 3.8) is 0 Å². The number of hydrogen-bond acceptors (Lipinski definition) is 1. The average molecular weight is 213 g/mol. The molecule has 14 heavy (non-hydrogen) atoms. The molecule has 0 saturated carbocycles. The van der Waals surface area contributed by atoms with Crippen molar-refractivity contribution in [3.8, 4) is 5.75 Å². The Bertz CT molecular complexity index is 294. The number of halogens is 1. The third-order valence-electron chi connectivity index (χ3n) is 1.96. The van der Waals surface area contributed by atoms with Crippen LogP contribution in [0.1, 0.15) is 26.3 Å². The number of hydrogen-bond donors (Lipinski definition) is 0. The summed E-state index contributed by atoms with van der Waals surface area (Å²) in [4.78, 5) is 0. The minimum absolute atomic E-state index is 0.615. The normalized spacial score (nSPS) is 10.6. The lowest BCUT2D eigenvalue weighted by Crippen LogP contribution is -1.97. The standard InChI is InChI=1S/C12H17ClO/c1-4-14-11-5-6-12(13)10(8-11)7-9(2)3/h5-6,8-9H,4,7H2,1-3H3. The summed E-state index contributed by atoms with van der Waals surface area (Å²) in [6, 6.07) is 5.85. The highest BCUT2D eigenvalue weighted by molar-refractivity contribution is 6.31. The first-order chi connectivity index (χ1) is 6.63. The molecule has 0 unspecified atom stereocenters. The van der Waals surface area contributed by atoms with E-state index in [1.54, 1.807) is 0 Å². The summed E-state index contributed by atoms with van der Waals surface area (Å²) in [5.41, 5.74) is 1.17. The molecule has 0 aromatic heterocycles. The lowest BCUT2D eigenvalue weighted by molar-refractivity contribution is 0.340. The summed E-state index contributed by atoms with van der Waals surface area (Å²) in [7, 11) is 0. The summed E-state index contributed by atoms with van der Waals surface area (Å²) in [5, 5.41) is 0.835. The molecule has 0 aliphatic rings. The maximum Gasteiger partial charge on any atom is 0.119 e. The average Bonchev–Trinajstić information content (AvgIpc) is 2.10. The van der Waals surface area contributed by atoms with Gasteiger partial charge in [0.05, 0.1) is 6.61 Å². The van der Waals surface area contributed by atoms with Crippen LogP contribution in [0.3, 0.4) is 0 Å². The summed E-state index contributed by atoms with van der Waals surface area (Å²) in [6.45, 7) is 7.05. The number of benzene rings is 1. The molecule has 0 saturated heterocycles. The first-order valence-corrected chi connectivity index (χ1v) is 5.42. The van der Waals surface area contributed by atoms with Crippen molar-refractivity contribution in [1.29, 1.82) is 0 Å². The van der Waals surface area contributed by atoms with Crippen molar-refractivity contribution < 1.29 is 4.74 Å². The van der Waals surface area contributed by atoms with Gasteiger partial charge in [0.25, 0.3) is 0 Å². The van der Waals surface area contributed by atoms with E-state index in [-0.39, 0.29) is 0 Å². The number of ether oxygens (including phenoxy) is 1. The van der Waals surface area contributed by atoms with Crippen LogP contribution in [0, 0.1) is 5.92 Å². The van der Waals surface area contributed by atoms with Gasteiger partial charge < -0.3 is 4.74 Å². The van der Waals surface area contributed by atoms with Crippen molar-refractivity contribution in [2.45, 2.75) is 27.2 Å². The molecule has 78 valence electrons. The van der Waals surface area contributed by atoms with Crippen LogP contribution in [0.4, 0.5) is 0 Å². The summed E-state index contributed by atoms with van der Waals surface area (Å²) in [5.74, 6) is 1.52. The lowest BCUT2D eigenvalue weighted by Gasteiger charge is -2.10. The molecule has 2 heteroatoms. The van der Waals surface area contributed by atoms with Crippen LogP contribution in [-0.2, 0) is 6.42 Å². The minimum atomic E-state index is 0.615. The largest absolute Gasteiger partial charge is 0.494 e. The van der Waals surface area contributed by atoms with E-state index in [2.05, 4.69) is 13.8 Å². The maximum atomic E-state index is 6.08. The van der Waals surface area contributed by atoms with Gasteiger partial charge in [-0.15, -0.1) is 0 Å². The van der Waals surface area contributed by atoms with Gasteiger partial charge in [0.15, 0.2) is 0 Å². The molecule has 0 aliphatic heterocycles. The third-order valence-corrected chi connectivity index (χ3v) is 2.33. The highest BCUT2D eigenvalue weighted by atomic mass is 35.5. The van der Waals surface area contributed by atoms with Crippen LogP contribution >= 0.6 is 11.6 Å². The van der Waals surface area contributed by atoms with Gasteiger partial charge in [0, 0.05) is 5.02 Å². The SMILES string of the molecule is CCOc1ccc(Cl)c(CC(C)C)c1. The molecule has 0 atom stereocenters. The van der Waals surface area contributed by atoms with Gasteiger partial charge in [-0.1, -0.05) is 25.4 Å². The lowest BCUT2D eigenvalue weighted by atomic mass is 10.0. The Morgan fingerprint density at radius 3 is 2.64 bits per heavy atom. The van der Waals surface area contributed by atoms with Gasteiger partial charge in [-0.3, -0.25) is 0 Å². The van der Waals surface area contributed by atoms with Crippen LogP contribution in [-0.4, -0.2) is 6.61 Å². The molecule has 1 aromatic rings. The Kier molecular flexibility index (Phi) is 4.27. The third kappa shape index (κ3) is 3.22. The smallest absolute Gasteiger partial charge is 0.119 e. The Balaban J connectivity index is 2.84. The molecule has 0 bridgehead atoms. The Morgan fingerprint density at radius 2 is 2.07 bits per heavy atom. The molecule has 1 aromatic carbocycles. The molecule has 0 N–H and O–H groups in total. The van der Waals surface area contributed by atoms with Crippen LogP contribution in [0.15, 0.2) is 18.2 Å². The predicted molar refractivity (Wildman–Crippen MR) is 61.2 cm³/mol. The van der Waals surface area contributed by atoms with Crippen molar-refractivity contribution >= 4 is 11.6 Å². The van der Waals surface area contributed by atoms with E-state index in [4.69, 9.17) is 16.3 Å². The molecule has 0 aliphatic carbocycles. The molecule has 0 amide bonds. The van der Waals surface area contributed by atoms with E-state index in [1.165, 1.54) is 5.56 Å². The fraction of sp³-hybridized carbons (Fsp3) is 0.500. The second-order valence-corrected chi connectivity index (χ2v) is 4.19. The van der Waals surface area contributed by atoms with Crippen molar-refractivity contribution in [3.05, 3.63) is 28.8 Å². The van der Waals surface area contributed by atoms with Gasteiger partial charge in [-0.25, -0.2) is 0 Å². The maximum absolute atomic E-state index is 6.08. The fourth-order valence-electron chi connectivity index (χ4n) is 1.40. The van der Waals surface area contributed by atoms with E-state index in [9.17, 15) is 0 Å². The molecular weight excluding hydrogens is 196 g/mol. The quantitative estimate of drug-likeness (QED) is 0.735. The van der Waals surface area contributed by atoms with E-state index in [0.717, 1.165) is 17.2 Å². The zero-order valence-corrected chi connectivity index (χ0v) is 9.77. The molecule has 0 radical (unpaired) electrons. The first kappa shape index (κ1) is 11.4. The van der Waals surface area contributed by atoms with E-state index in [1.807, 2.05) is 25.1 Å². The van der Waals surface area contributed by atoms with Crippen LogP contribution in [0.2, 0.25) is 5.02 Å². The van der Waals surface area contributed by atoms with Crippen molar-refractivity contribution in [2.24, 2.45) is 5.92 Å². The Hall–Kier alpha value is -0.690. The van der Waals surface area contributed by atoms with Crippen molar-refractivity contribution in [2.75, 3.05) is 6.61 Å². The molecule has 0 fully saturated rings. The second-order valence-electron chi connectivity index (χ2n) is 3.78. The van der Waals surface area contributed by atoms with Gasteiger partial charge in [-0.2, -0.15) is 0 Å². The summed E-state index contributed by atoms with van der Waals surface area (Å²) in [6.07, 6.45) is 1.000. The monoisotopic (exact) mass is 212 g/mol. The van der Waals surface area contributed by atoms with Gasteiger partial charge >= 0.3 is 0 Å². The molecule has 1 nitrogen and oxygen atoms in total. The fourth-order valence-corrected chi connectivity index (χ4v) is 1.60.